The number of esters is 1. The minimum atomic E-state index is -0.456. The summed E-state index contributed by atoms with van der Waals surface area (Å²) < 4.78 is 10.6. The Kier molecular flexibility index (Phi) is 3.74. The predicted octanol–water partition coefficient (Wildman–Crippen LogP) is 3.35. The Morgan fingerprint density at radius 3 is 2.64 bits per heavy atom. The molecule has 0 aliphatic carbocycles. The van der Waals surface area contributed by atoms with Gasteiger partial charge in [-0.2, -0.15) is 0 Å². The number of hydrogen-bond donors (Lipinski definition) is 0. The number of rotatable bonds is 3. The number of carbonyl (C=O) groups excluding carboxylic acids is 1. The summed E-state index contributed by atoms with van der Waals surface area (Å²) >= 11 is 0. The lowest BCUT2D eigenvalue weighted by Crippen LogP contribution is -2.05. The summed E-state index contributed by atoms with van der Waals surface area (Å²) in [4.78, 5) is 16.3. The molecule has 0 amide bonds. The number of methoxy groups -OCH3 is 1. The number of cyclic esters (lactones) is 1. The highest BCUT2D eigenvalue weighted by molar-refractivity contribution is 6.12. The second-order valence-corrected chi connectivity index (χ2v) is 4.95. The number of aliphatic imine (C=N–C) groups is 1. The van der Waals surface area contributed by atoms with Crippen LogP contribution in [0.1, 0.15) is 16.7 Å². The van der Waals surface area contributed by atoms with Gasteiger partial charge in [-0.15, -0.1) is 0 Å². The highest BCUT2D eigenvalue weighted by Gasteiger charge is 2.24. The average Bonchev–Trinajstić information content (AvgIpc) is 2.90. The highest BCUT2D eigenvalue weighted by atomic mass is 16.6. The number of hydrogen-bond acceptors (Lipinski definition) is 4. The SMILES string of the molecule is COc1ccc(C)cc1C=C1N=C(c2ccccc2)OC1=O. The fourth-order valence-corrected chi connectivity index (χ4v) is 2.23. The van der Waals surface area contributed by atoms with Crippen molar-refractivity contribution in [2.45, 2.75) is 6.92 Å². The molecule has 0 saturated heterocycles. The van der Waals surface area contributed by atoms with E-state index in [1.165, 1.54) is 0 Å². The Morgan fingerprint density at radius 1 is 1.14 bits per heavy atom. The van der Waals surface area contributed by atoms with E-state index in [0.29, 0.717) is 11.6 Å². The molecule has 0 spiro atoms. The van der Waals surface area contributed by atoms with Crippen LogP contribution in [0, 0.1) is 6.92 Å². The van der Waals surface area contributed by atoms with Gasteiger partial charge in [-0.1, -0.05) is 29.8 Å². The van der Waals surface area contributed by atoms with Gasteiger partial charge in [0.2, 0.25) is 5.90 Å². The van der Waals surface area contributed by atoms with Gasteiger partial charge in [0.25, 0.3) is 0 Å². The molecular formula is C18H15NO3. The molecular weight excluding hydrogens is 278 g/mol. The lowest BCUT2D eigenvalue weighted by Gasteiger charge is -2.05. The van der Waals surface area contributed by atoms with Crippen molar-refractivity contribution in [1.82, 2.24) is 0 Å². The largest absolute Gasteiger partial charge is 0.496 e. The van der Waals surface area contributed by atoms with E-state index in [4.69, 9.17) is 9.47 Å². The zero-order valence-electron chi connectivity index (χ0n) is 12.4. The van der Waals surface area contributed by atoms with Crippen molar-refractivity contribution in [2.75, 3.05) is 7.11 Å². The van der Waals surface area contributed by atoms with Gasteiger partial charge in [-0.25, -0.2) is 9.79 Å². The fraction of sp³-hybridized carbons (Fsp3) is 0.111. The molecule has 0 bridgehead atoms. The normalized spacial score (nSPS) is 15.6. The molecule has 0 radical (unpaired) electrons. The van der Waals surface area contributed by atoms with Crippen LogP contribution in [0.5, 0.6) is 5.75 Å². The van der Waals surface area contributed by atoms with Crippen molar-refractivity contribution < 1.29 is 14.3 Å². The van der Waals surface area contributed by atoms with Crippen molar-refractivity contribution >= 4 is 17.9 Å². The number of nitrogens with zero attached hydrogens (tertiary/aromatic N) is 1. The van der Waals surface area contributed by atoms with E-state index >= 15 is 0 Å². The van der Waals surface area contributed by atoms with Crippen molar-refractivity contribution in [2.24, 2.45) is 4.99 Å². The average molecular weight is 293 g/mol. The molecule has 0 atom stereocenters. The van der Waals surface area contributed by atoms with E-state index < -0.39 is 5.97 Å². The van der Waals surface area contributed by atoms with E-state index in [1.807, 2.05) is 55.5 Å². The van der Waals surface area contributed by atoms with Crippen molar-refractivity contribution in [3.63, 3.8) is 0 Å². The third-order valence-electron chi connectivity index (χ3n) is 3.32. The first kappa shape index (κ1) is 14.1. The van der Waals surface area contributed by atoms with Crippen LogP contribution in [0.15, 0.2) is 59.2 Å². The smallest absolute Gasteiger partial charge is 0.363 e. The van der Waals surface area contributed by atoms with Crippen LogP contribution in [0.3, 0.4) is 0 Å². The van der Waals surface area contributed by atoms with Gasteiger partial charge in [-0.3, -0.25) is 0 Å². The second kappa shape index (κ2) is 5.85. The van der Waals surface area contributed by atoms with Crippen molar-refractivity contribution in [1.29, 1.82) is 0 Å². The zero-order valence-corrected chi connectivity index (χ0v) is 12.4. The Hall–Kier alpha value is -2.88. The summed E-state index contributed by atoms with van der Waals surface area (Å²) in [5, 5.41) is 0. The van der Waals surface area contributed by atoms with E-state index in [9.17, 15) is 4.79 Å². The molecule has 110 valence electrons. The van der Waals surface area contributed by atoms with Gasteiger partial charge in [0.05, 0.1) is 7.11 Å². The molecule has 4 heteroatoms. The Bertz CT molecular complexity index is 776. The molecule has 1 aliphatic rings. The third-order valence-corrected chi connectivity index (χ3v) is 3.32. The predicted molar refractivity (Wildman–Crippen MR) is 84.8 cm³/mol. The molecule has 0 aromatic heterocycles. The first-order valence-corrected chi connectivity index (χ1v) is 6.90. The van der Waals surface area contributed by atoms with E-state index in [0.717, 1.165) is 16.7 Å². The minimum Gasteiger partial charge on any atom is -0.496 e. The van der Waals surface area contributed by atoms with Crippen LogP contribution in [0.25, 0.3) is 6.08 Å². The van der Waals surface area contributed by atoms with E-state index in [2.05, 4.69) is 4.99 Å². The van der Waals surface area contributed by atoms with Crippen LogP contribution in [-0.2, 0) is 9.53 Å². The van der Waals surface area contributed by atoms with Crippen LogP contribution < -0.4 is 4.74 Å². The monoisotopic (exact) mass is 293 g/mol. The number of carbonyl (C=O) groups is 1. The first-order chi connectivity index (χ1) is 10.7. The number of ether oxygens (including phenoxy) is 2. The summed E-state index contributed by atoms with van der Waals surface area (Å²) in [7, 11) is 1.60. The van der Waals surface area contributed by atoms with E-state index in [1.54, 1.807) is 13.2 Å². The van der Waals surface area contributed by atoms with Crippen LogP contribution in [-0.4, -0.2) is 19.0 Å². The van der Waals surface area contributed by atoms with Gasteiger partial charge in [0.1, 0.15) is 5.75 Å². The number of aryl methyl sites for hydroxylation is 1. The standard InChI is InChI=1S/C18H15NO3/c1-12-8-9-16(21-2)14(10-12)11-15-18(20)22-17(19-15)13-6-4-3-5-7-13/h3-11H,1-2H3. The Morgan fingerprint density at radius 2 is 1.91 bits per heavy atom. The van der Waals surface area contributed by atoms with Crippen molar-refractivity contribution in [3.8, 4) is 5.75 Å². The quantitative estimate of drug-likeness (QED) is 0.644. The molecule has 22 heavy (non-hydrogen) atoms. The maximum absolute atomic E-state index is 12.0. The summed E-state index contributed by atoms with van der Waals surface area (Å²) in [5.41, 5.74) is 2.91. The minimum absolute atomic E-state index is 0.266. The molecule has 1 aliphatic heterocycles. The highest BCUT2D eigenvalue weighted by Crippen LogP contribution is 2.25. The maximum Gasteiger partial charge on any atom is 0.363 e. The molecule has 4 nitrogen and oxygen atoms in total. The maximum atomic E-state index is 12.0. The summed E-state index contributed by atoms with van der Waals surface area (Å²) in [6.45, 7) is 1.98. The van der Waals surface area contributed by atoms with Crippen LogP contribution in [0.2, 0.25) is 0 Å². The molecule has 3 rings (SSSR count). The lowest BCUT2D eigenvalue weighted by atomic mass is 10.1. The summed E-state index contributed by atoms with van der Waals surface area (Å²) in [6, 6.07) is 15.1. The molecule has 1 heterocycles. The van der Waals surface area contributed by atoms with Gasteiger partial charge in [0.15, 0.2) is 5.70 Å². The first-order valence-electron chi connectivity index (χ1n) is 6.90. The van der Waals surface area contributed by atoms with Crippen LogP contribution in [0.4, 0.5) is 0 Å². The molecule has 2 aromatic carbocycles. The molecule has 0 N–H and O–H groups in total. The third kappa shape index (κ3) is 2.76. The molecule has 0 saturated carbocycles. The fourth-order valence-electron chi connectivity index (χ4n) is 2.23. The molecule has 0 fully saturated rings. The van der Waals surface area contributed by atoms with Crippen LogP contribution >= 0.6 is 0 Å². The van der Waals surface area contributed by atoms with Crippen molar-refractivity contribution in [3.05, 3.63) is 70.9 Å². The van der Waals surface area contributed by atoms with Gasteiger partial charge in [-0.05, 0) is 37.3 Å². The number of benzene rings is 2. The molecule has 2 aromatic rings. The van der Waals surface area contributed by atoms with Gasteiger partial charge in [0, 0.05) is 11.1 Å². The lowest BCUT2D eigenvalue weighted by molar-refractivity contribution is -0.129. The summed E-state index contributed by atoms with van der Waals surface area (Å²) in [5.74, 6) is 0.556. The summed E-state index contributed by atoms with van der Waals surface area (Å²) in [6.07, 6.45) is 1.68. The topological polar surface area (TPSA) is 47.9 Å². The zero-order chi connectivity index (χ0) is 15.5. The van der Waals surface area contributed by atoms with E-state index in [-0.39, 0.29) is 5.70 Å². The Labute approximate surface area is 128 Å². The molecule has 0 unspecified atom stereocenters. The second-order valence-electron chi connectivity index (χ2n) is 4.95. The van der Waals surface area contributed by atoms with Gasteiger partial charge < -0.3 is 9.47 Å². The Balaban J connectivity index is 2.00. The van der Waals surface area contributed by atoms with Gasteiger partial charge >= 0.3 is 5.97 Å².